The summed E-state index contributed by atoms with van der Waals surface area (Å²) in [5.74, 6) is -0.912. The zero-order valence-electron chi connectivity index (χ0n) is 15.4. The largest absolute Gasteiger partial charge is 0.430 e. The van der Waals surface area contributed by atoms with Crippen molar-refractivity contribution in [3.8, 4) is 11.1 Å². The molecule has 0 bridgehead atoms. The van der Waals surface area contributed by atoms with Crippen molar-refractivity contribution in [3.05, 3.63) is 78.1 Å². The first-order chi connectivity index (χ1) is 13.8. The Morgan fingerprint density at radius 3 is 2.48 bits per heavy atom. The number of aromatic nitrogens is 1. The topological polar surface area (TPSA) is 80.4 Å². The van der Waals surface area contributed by atoms with Gasteiger partial charge in [-0.15, -0.1) is 0 Å². The van der Waals surface area contributed by atoms with E-state index in [1.165, 1.54) is 7.05 Å². The van der Waals surface area contributed by atoms with E-state index >= 15 is 0 Å². The van der Waals surface area contributed by atoms with Crippen molar-refractivity contribution in [2.24, 2.45) is 10.7 Å². The maximum atomic E-state index is 12.6. The number of halogens is 3. The van der Waals surface area contributed by atoms with E-state index in [-0.39, 0.29) is 11.4 Å². The Morgan fingerprint density at radius 2 is 1.83 bits per heavy atom. The lowest BCUT2D eigenvalue weighted by molar-refractivity contribution is -0.0925. The molecule has 1 aromatic heterocycles. The average Bonchev–Trinajstić information content (AvgIpc) is 2.72. The second kappa shape index (κ2) is 8.14. The Morgan fingerprint density at radius 1 is 1.10 bits per heavy atom. The Kier molecular flexibility index (Phi) is 5.63. The Bertz CT molecular complexity index is 1110. The molecular formula is C21H17F3N4O. The number of benzene rings is 2. The molecule has 8 heteroatoms. The highest BCUT2D eigenvalue weighted by molar-refractivity contribution is 6.11. The van der Waals surface area contributed by atoms with E-state index in [9.17, 15) is 18.0 Å². The molecule has 2 aromatic carbocycles. The van der Waals surface area contributed by atoms with Gasteiger partial charge < -0.3 is 11.1 Å². The number of fused-ring (bicyclic) bond motifs is 1. The molecule has 0 unspecified atom stereocenters. The molecule has 0 saturated carbocycles. The number of hydrogen-bond donors (Lipinski definition) is 2. The zero-order chi connectivity index (χ0) is 21.0. The van der Waals surface area contributed by atoms with Crippen LogP contribution in [0.25, 0.3) is 22.0 Å². The summed E-state index contributed by atoms with van der Waals surface area (Å²) in [5, 5.41) is 3.14. The molecule has 5 nitrogen and oxygen atoms in total. The van der Waals surface area contributed by atoms with Gasteiger partial charge in [-0.3, -0.25) is 14.8 Å². The highest BCUT2D eigenvalue weighted by Crippen LogP contribution is 2.23. The van der Waals surface area contributed by atoms with E-state index in [1.54, 1.807) is 24.4 Å². The van der Waals surface area contributed by atoms with Crippen molar-refractivity contribution in [2.75, 3.05) is 7.05 Å². The number of aliphatic imine (C=N–C) groups is 1. The summed E-state index contributed by atoms with van der Waals surface area (Å²) < 4.78 is 37.7. The third-order valence-electron chi connectivity index (χ3n) is 4.16. The minimum atomic E-state index is -4.70. The Balaban J connectivity index is 1.83. The molecular weight excluding hydrogens is 381 g/mol. The minimum Gasteiger partial charge on any atom is -0.395 e. The van der Waals surface area contributed by atoms with Gasteiger partial charge in [-0.05, 0) is 23.8 Å². The fourth-order valence-electron chi connectivity index (χ4n) is 2.63. The summed E-state index contributed by atoms with van der Waals surface area (Å²) in [6.07, 6.45) is -2.43. The van der Waals surface area contributed by atoms with Crippen LogP contribution in [0, 0.1) is 0 Å². The molecule has 148 valence electrons. The van der Waals surface area contributed by atoms with E-state index < -0.39 is 17.8 Å². The lowest BCUT2D eigenvalue weighted by atomic mass is 10.0. The highest BCUT2D eigenvalue weighted by atomic mass is 19.4. The number of carbonyl (C=O) groups is 1. The van der Waals surface area contributed by atoms with Crippen molar-refractivity contribution in [3.63, 3.8) is 0 Å². The molecule has 0 spiro atoms. The van der Waals surface area contributed by atoms with Gasteiger partial charge in [0.05, 0.1) is 5.52 Å². The van der Waals surface area contributed by atoms with Crippen LogP contribution in [0.4, 0.5) is 13.2 Å². The molecule has 1 amide bonds. The summed E-state index contributed by atoms with van der Waals surface area (Å²) in [6.45, 7) is 0. The van der Waals surface area contributed by atoms with E-state index in [0.29, 0.717) is 11.6 Å². The minimum absolute atomic E-state index is 0.234. The monoisotopic (exact) mass is 398 g/mol. The molecule has 3 aromatic rings. The van der Waals surface area contributed by atoms with Gasteiger partial charge in [0, 0.05) is 35.8 Å². The SMILES string of the molecule is CN=C(C=C(N)C(F)(F)F)NC(=O)c1ccc2cc(-c3ccccc3)cnc2c1. The Hall–Kier alpha value is -3.68. The van der Waals surface area contributed by atoms with Gasteiger partial charge in [0.2, 0.25) is 0 Å². The number of pyridine rings is 1. The summed E-state index contributed by atoms with van der Waals surface area (Å²) in [7, 11) is 1.25. The van der Waals surface area contributed by atoms with Gasteiger partial charge in [0.15, 0.2) is 0 Å². The van der Waals surface area contributed by atoms with Crippen LogP contribution >= 0.6 is 0 Å². The molecule has 3 N–H and O–H groups in total. The second-order valence-corrected chi connectivity index (χ2v) is 6.16. The predicted octanol–water partition coefficient (Wildman–Crippen LogP) is 4.06. The first-order valence-electron chi connectivity index (χ1n) is 8.55. The van der Waals surface area contributed by atoms with Crippen molar-refractivity contribution in [1.29, 1.82) is 0 Å². The second-order valence-electron chi connectivity index (χ2n) is 6.16. The van der Waals surface area contributed by atoms with Crippen LogP contribution in [0.15, 0.2) is 77.6 Å². The van der Waals surface area contributed by atoms with E-state index in [1.807, 2.05) is 36.4 Å². The number of carbonyl (C=O) groups excluding carboxylic acids is 1. The van der Waals surface area contributed by atoms with Crippen molar-refractivity contribution in [1.82, 2.24) is 10.3 Å². The molecule has 0 saturated heterocycles. The molecule has 0 atom stereocenters. The summed E-state index contributed by atoms with van der Waals surface area (Å²) in [5.41, 5.74) is 6.38. The highest BCUT2D eigenvalue weighted by Gasteiger charge is 2.31. The first-order valence-corrected chi connectivity index (χ1v) is 8.55. The standard InChI is InChI=1S/C21H17F3N4O/c1-26-19(11-18(25)21(22,23)24)28-20(29)15-8-7-14-9-16(12-27-17(14)10-15)13-5-3-2-4-6-13/h2-12H,25H2,1H3,(H,26,28,29). The van der Waals surface area contributed by atoms with E-state index in [2.05, 4.69) is 15.3 Å². The third kappa shape index (κ3) is 4.78. The maximum absolute atomic E-state index is 12.6. The number of amidine groups is 1. The van der Waals surface area contributed by atoms with Crippen LogP contribution in [0.5, 0.6) is 0 Å². The van der Waals surface area contributed by atoms with Gasteiger partial charge in [0.1, 0.15) is 11.5 Å². The number of hydrogen-bond acceptors (Lipinski definition) is 4. The number of rotatable bonds is 3. The van der Waals surface area contributed by atoms with Crippen LogP contribution in [-0.2, 0) is 0 Å². The fourth-order valence-corrected chi connectivity index (χ4v) is 2.63. The number of alkyl halides is 3. The van der Waals surface area contributed by atoms with Crippen molar-refractivity contribution >= 4 is 22.6 Å². The van der Waals surface area contributed by atoms with Gasteiger partial charge in [-0.2, -0.15) is 13.2 Å². The lowest BCUT2D eigenvalue weighted by Crippen LogP contribution is -2.31. The normalized spacial score (nSPS) is 12.8. The molecule has 29 heavy (non-hydrogen) atoms. The van der Waals surface area contributed by atoms with Gasteiger partial charge in [-0.25, -0.2) is 0 Å². The lowest BCUT2D eigenvalue weighted by Gasteiger charge is -2.09. The summed E-state index contributed by atoms with van der Waals surface area (Å²) in [4.78, 5) is 20.4. The maximum Gasteiger partial charge on any atom is 0.430 e. The summed E-state index contributed by atoms with van der Waals surface area (Å²) in [6, 6.07) is 16.5. The van der Waals surface area contributed by atoms with Gasteiger partial charge in [0.25, 0.3) is 5.91 Å². The van der Waals surface area contributed by atoms with Crippen LogP contribution in [0.3, 0.4) is 0 Å². The van der Waals surface area contributed by atoms with Crippen molar-refractivity contribution < 1.29 is 18.0 Å². The molecule has 0 fully saturated rings. The van der Waals surface area contributed by atoms with E-state index in [0.717, 1.165) is 16.5 Å². The summed E-state index contributed by atoms with van der Waals surface area (Å²) >= 11 is 0. The molecule has 0 aliphatic heterocycles. The number of allylic oxidation sites excluding steroid dienone is 1. The molecule has 0 aliphatic carbocycles. The Labute approximate surface area is 164 Å². The van der Waals surface area contributed by atoms with Gasteiger partial charge >= 0.3 is 6.18 Å². The number of nitrogens with one attached hydrogen (secondary N) is 1. The van der Waals surface area contributed by atoms with Crippen LogP contribution in [0.2, 0.25) is 0 Å². The predicted molar refractivity (Wildman–Crippen MR) is 106 cm³/mol. The van der Waals surface area contributed by atoms with Crippen LogP contribution in [-0.4, -0.2) is 30.0 Å². The fraction of sp³-hybridized carbons (Fsp3) is 0.0952. The smallest absolute Gasteiger partial charge is 0.395 e. The number of amides is 1. The number of nitrogens with zero attached hydrogens (tertiary/aromatic N) is 2. The first kappa shape index (κ1) is 20.1. The van der Waals surface area contributed by atoms with E-state index in [4.69, 9.17) is 5.73 Å². The van der Waals surface area contributed by atoms with Crippen LogP contribution < -0.4 is 11.1 Å². The van der Waals surface area contributed by atoms with Crippen molar-refractivity contribution in [2.45, 2.75) is 6.18 Å². The number of nitrogens with two attached hydrogens (primary N) is 1. The van der Waals surface area contributed by atoms with Gasteiger partial charge in [-0.1, -0.05) is 36.4 Å². The quantitative estimate of drug-likeness (QED) is 0.516. The molecule has 3 rings (SSSR count). The average molecular weight is 398 g/mol. The molecule has 0 aliphatic rings. The zero-order valence-corrected chi connectivity index (χ0v) is 15.4. The van der Waals surface area contributed by atoms with Crippen LogP contribution in [0.1, 0.15) is 10.4 Å². The molecule has 1 heterocycles. The molecule has 0 radical (unpaired) electrons. The third-order valence-corrected chi connectivity index (χ3v) is 4.16.